The summed E-state index contributed by atoms with van der Waals surface area (Å²) in [6, 6.07) is 7.55. The molecule has 0 saturated heterocycles. The van der Waals surface area contributed by atoms with Gasteiger partial charge in [-0.15, -0.1) is 0 Å². The summed E-state index contributed by atoms with van der Waals surface area (Å²) in [5.41, 5.74) is 0.678. The molecule has 0 fully saturated rings. The van der Waals surface area contributed by atoms with Crippen molar-refractivity contribution in [3.63, 3.8) is 0 Å². The molecule has 4 rings (SSSR count). The van der Waals surface area contributed by atoms with E-state index in [0.717, 1.165) is 22.3 Å². The summed E-state index contributed by atoms with van der Waals surface area (Å²) >= 11 is 1.56. The Labute approximate surface area is 159 Å². The Hall–Kier alpha value is -2.81. The van der Waals surface area contributed by atoms with E-state index in [0.29, 0.717) is 34.5 Å². The molecule has 1 aromatic carbocycles. The molecule has 9 heteroatoms. The molecule has 0 saturated carbocycles. The zero-order chi connectivity index (χ0) is 19.1. The van der Waals surface area contributed by atoms with Crippen LogP contribution in [0.2, 0.25) is 0 Å². The normalized spacial score (nSPS) is 14.4. The Bertz CT molecular complexity index is 1190. The average Bonchev–Trinajstić information content (AvgIpc) is 3.04. The van der Waals surface area contributed by atoms with Crippen LogP contribution in [0, 0.1) is 0 Å². The first-order chi connectivity index (χ1) is 13.0. The van der Waals surface area contributed by atoms with E-state index in [1.165, 1.54) is 11.6 Å². The van der Waals surface area contributed by atoms with E-state index in [2.05, 4.69) is 4.98 Å². The lowest BCUT2D eigenvalue weighted by molar-refractivity contribution is 0.413. The predicted molar refractivity (Wildman–Crippen MR) is 105 cm³/mol. The molecule has 0 bridgehead atoms. The third-order valence-electron chi connectivity index (χ3n) is 4.58. The van der Waals surface area contributed by atoms with E-state index in [9.17, 15) is 9.59 Å². The summed E-state index contributed by atoms with van der Waals surface area (Å²) in [6.07, 6.45) is 0.892. The van der Waals surface area contributed by atoms with Gasteiger partial charge in [0.25, 0.3) is 5.56 Å². The number of aromatic nitrogens is 4. The molecule has 3 aromatic rings. The van der Waals surface area contributed by atoms with Crippen LogP contribution in [0.15, 0.2) is 44.0 Å². The van der Waals surface area contributed by atoms with Crippen molar-refractivity contribution in [2.45, 2.75) is 11.6 Å². The molecular weight excluding hydrogens is 366 g/mol. The van der Waals surface area contributed by atoms with Crippen molar-refractivity contribution in [1.82, 2.24) is 18.7 Å². The van der Waals surface area contributed by atoms with E-state index in [4.69, 9.17) is 9.73 Å². The van der Waals surface area contributed by atoms with Gasteiger partial charge in [-0.25, -0.2) is 9.78 Å². The van der Waals surface area contributed by atoms with Crippen LogP contribution in [0.4, 0.5) is 0 Å². The second kappa shape index (κ2) is 6.73. The number of imidazole rings is 1. The van der Waals surface area contributed by atoms with Crippen molar-refractivity contribution in [1.29, 1.82) is 0 Å². The average molecular weight is 385 g/mol. The van der Waals surface area contributed by atoms with Crippen molar-refractivity contribution in [3.8, 4) is 5.75 Å². The Balaban J connectivity index is 2.14. The highest BCUT2D eigenvalue weighted by molar-refractivity contribution is 7.99. The molecule has 0 amide bonds. The molecule has 8 nitrogen and oxygen atoms in total. The minimum atomic E-state index is -0.403. The fourth-order valence-electron chi connectivity index (χ4n) is 3.19. The maximum atomic E-state index is 13.0. The maximum absolute atomic E-state index is 13.0. The Morgan fingerprint density at radius 1 is 1.15 bits per heavy atom. The fourth-order valence-corrected chi connectivity index (χ4v) is 4.10. The van der Waals surface area contributed by atoms with Crippen LogP contribution in [-0.4, -0.2) is 43.9 Å². The molecule has 0 unspecified atom stereocenters. The highest BCUT2D eigenvalue weighted by Crippen LogP contribution is 2.28. The lowest BCUT2D eigenvalue weighted by Gasteiger charge is -2.17. The molecule has 0 N–H and O–H groups in total. The predicted octanol–water partition coefficient (Wildman–Crippen LogP) is 1.23. The maximum Gasteiger partial charge on any atom is 0.332 e. The van der Waals surface area contributed by atoms with Crippen molar-refractivity contribution in [2.24, 2.45) is 19.1 Å². The van der Waals surface area contributed by atoms with Gasteiger partial charge in [-0.3, -0.25) is 23.5 Å². The standard InChI is InChI=1S/C18H19N5O3S/c1-21-15-13(16(24)22(2)18(21)25)23-14(11-7-4-5-8-12(11)26-3)19-9-6-10-27-17(23)20-15/h4-5,7-8H,6,9-10H2,1-3H3. The van der Waals surface area contributed by atoms with Crippen LogP contribution in [0.5, 0.6) is 5.75 Å². The minimum absolute atomic E-state index is 0.341. The van der Waals surface area contributed by atoms with Gasteiger partial charge in [0.15, 0.2) is 16.3 Å². The van der Waals surface area contributed by atoms with Gasteiger partial charge in [0.1, 0.15) is 11.6 Å². The molecule has 1 aliphatic heterocycles. The molecule has 0 aliphatic carbocycles. The van der Waals surface area contributed by atoms with Crippen LogP contribution < -0.4 is 16.0 Å². The smallest absolute Gasteiger partial charge is 0.332 e. The summed E-state index contributed by atoms with van der Waals surface area (Å²) < 4.78 is 9.77. The first-order valence-corrected chi connectivity index (χ1v) is 9.52. The summed E-state index contributed by atoms with van der Waals surface area (Å²) in [5, 5.41) is 0.646. The molecule has 0 radical (unpaired) electrons. The summed E-state index contributed by atoms with van der Waals surface area (Å²) in [5.74, 6) is 2.10. The van der Waals surface area contributed by atoms with Gasteiger partial charge in [0, 0.05) is 26.4 Å². The zero-order valence-corrected chi connectivity index (χ0v) is 16.1. The largest absolute Gasteiger partial charge is 0.496 e. The van der Waals surface area contributed by atoms with Gasteiger partial charge in [0.2, 0.25) is 0 Å². The topological polar surface area (TPSA) is 83.4 Å². The van der Waals surface area contributed by atoms with Crippen molar-refractivity contribution >= 4 is 28.8 Å². The number of aryl methyl sites for hydroxylation is 1. The summed E-state index contributed by atoms with van der Waals surface area (Å²) in [6.45, 7) is 0.631. The number of ether oxygens (including phenoxy) is 1. The van der Waals surface area contributed by atoms with Crippen LogP contribution in [-0.2, 0) is 14.1 Å². The zero-order valence-electron chi connectivity index (χ0n) is 15.3. The van der Waals surface area contributed by atoms with Gasteiger partial charge in [-0.2, -0.15) is 0 Å². The molecule has 140 valence electrons. The summed E-state index contributed by atoms with van der Waals surface area (Å²) in [4.78, 5) is 34.6. The van der Waals surface area contributed by atoms with Crippen molar-refractivity contribution in [2.75, 3.05) is 19.4 Å². The second-order valence-electron chi connectivity index (χ2n) is 6.22. The van der Waals surface area contributed by atoms with Gasteiger partial charge >= 0.3 is 5.69 Å². The number of fused-ring (bicyclic) bond motifs is 3. The van der Waals surface area contributed by atoms with Crippen LogP contribution in [0.25, 0.3) is 11.2 Å². The first-order valence-electron chi connectivity index (χ1n) is 8.54. The second-order valence-corrected chi connectivity index (χ2v) is 7.28. The van der Waals surface area contributed by atoms with Crippen molar-refractivity contribution < 1.29 is 4.74 Å². The highest BCUT2D eigenvalue weighted by Gasteiger charge is 2.25. The van der Waals surface area contributed by atoms with E-state index >= 15 is 0 Å². The van der Waals surface area contributed by atoms with Gasteiger partial charge in [0.05, 0.1) is 12.7 Å². The van der Waals surface area contributed by atoms with E-state index < -0.39 is 11.2 Å². The Morgan fingerprint density at radius 3 is 2.70 bits per heavy atom. The fraction of sp³-hybridized carbons (Fsp3) is 0.333. The van der Waals surface area contributed by atoms with Gasteiger partial charge in [-0.05, 0) is 18.6 Å². The van der Waals surface area contributed by atoms with Crippen LogP contribution in [0.1, 0.15) is 12.0 Å². The number of benzene rings is 1. The molecule has 1 aliphatic rings. The monoisotopic (exact) mass is 385 g/mol. The number of nitrogens with zero attached hydrogens (tertiary/aromatic N) is 5. The number of methoxy groups -OCH3 is 1. The van der Waals surface area contributed by atoms with Gasteiger partial charge in [-0.1, -0.05) is 23.9 Å². The lowest BCUT2D eigenvalue weighted by atomic mass is 10.1. The Kier molecular flexibility index (Phi) is 4.39. The van der Waals surface area contributed by atoms with E-state index in [-0.39, 0.29) is 0 Å². The quantitative estimate of drug-likeness (QED) is 0.663. The van der Waals surface area contributed by atoms with Gasteiger partial charge < -0.3 is 4.74 Å². The number of rotatable bonds is 2. The van der Waals surface area contributed by atoms with Crippen LogP contribution in [0.3, 0.4) is 0 Å². The number of hydrogen-bond acceptors (Lipinski definition) is 6. The van der Waals surface area contributed by atoms with Crippen molar-refractivity contribution in [3.05, 3.63) is 50.7 Å². The highest BCUT2D eigenvalue weighted by atomic mass is 32.2. The van der Waals surface area contributed by atoms with Crippen LogP contribution >= 0.6 is 11.8 Å². The van der Waals surface area contributed by atoms with E-state index in [1.54, 1.807) is 30.5 Å². The first kappa shape index (κ1) is 17.6. The molecular formula is C18H19N5O3S. The molecule has 2 aromatic heterocycles. The number of para-hydroxylation sites is 1. The molecule has 0 spiro atoms. The minimum Gasteiger partial charge on any atom is -0.496 e. The lowest BCUT2D eigenvalue weighted by Crippen LogP contribution is -2.38. The number of hydrogen-bond donors (Lipinski definition) is 0. The SMILES string of the molecule is COc1ccccc1C1=NCCCSc2nc3c(c(=O)n(C)c(=O)n3C)n21. The third-order valence-corrected chi connectivity index (χ3v) is 5.61. The molecule has 27 heavy (non-hydrogen) atoms. The molecule has 0 atom stereocenters. The number of thioether (sulfide) groups is 1. The van der Waals surface area contributed by atoms with E-state index in [1.807, 2.05) is 24.3 Å². The molecule has 3 heterocycles. The summed E-state index contributed by atoms with van der Waals surface area (Å²) in [7, 11) is 4.70. The number of aliphatic imine (C=N–C) groups is 1. The third kappa shape index (κ3) is 2.69. The Morgan fingerprint density at radius 2 is 1.93 bits per heavy atom.